The summed E-state index contributed by atoms with van der Waals surface area (Å²) in [5, 5.41) is 12.4. The molecule has 104 valence electrons. The highest BCUT2D eigenvalue weighted by Crippen LogP contribution is 2.23. The van der Waals surface area contributed by atoms with E-state index in [4.69, 9.17) is 0 Å². The van der Waals surface area contributed by atoms with E-state index >= 15 is 0 Å². The van der Waals surface area contributed by atoms with E-state index in [1.807, 2.05) is 29.7 Å². The number of nitrogens with zero attached hydrogens (tertiary/aromatic N) is 4. The molecule has 0 amide bonds. The summed E-state index contributed by atoms with van der Waals surface area (Å²) in [7, 11) is 3.92. The van der Waals surface area contributed by atoms with Crippen molar-refractivity contribution in [3.63, 3.8) is 0 Å². The van der Waals surface area contributed by atoms with Gasteiger partial charge in [0.25, 0.3) is 0 Å². The van der Waals surface area contributed by atoms with E-state index < -0.39 is 0 Å². The van der Waals surface area contributed by atoms with Gasteiger partial charge in [0.1, 0.15) is 0 Å². The van der Waals surface area contributed by atoms with Crippen LogP contribution in [0.4, 0.5) is 5.69 Å². The maximum atomic E-state index is 4.50. The highest BCUT2D eigenvalue weighted by atomic mass is 79.9. The van der Waals surface area contributed by atoms with Gasteiger partial charge in [-0.15, -0.1) is 0 Å². The summed E-state index contributed by atoms with van der Waals surface area (Å²) in [6, 6.07) is 0. The largest absolute Gasteiger partial charge is 0.377 e. The Morgan fingerprint density at radius 1 is 1.16 bits per heavy atom. The summed E-state index contributed by atoms with van der Waals surface area (Å²) in [5.74, 6) is 0. The monoisotopic (exact) mass is 325 g/mol. The molecule has 0 saturated heterocycles. The van der Waals surface area contributed by atoms with Crippen LogP contribution in [0.25, 0.3) is 0 Å². The van der Waals surface area contributed by atoms with Crippen LogP contribution in [0.15, 0.2) is 10.7 Å². The van der Waals surface area contributed by atoms with Crippen LogP contribution in [0.2, 0.25) is 0 Å². The molecule has 0 spiro atoms. The van der Waals surface area contributed by atoms with Gasteiger partial charge in [-0.05, 0) is 28.8 Å². The fourth-order valence-electron chi connectivity index (χ4n) is 2.13. The molecule has 6 heteroatoms. The van der Waals surface area contributed by atoms with E-state index in [2.05, 4.69) is 45.3 Å². The standard InChI is InChI=1S/C13H20BrN5/c1-5-9-11(8-18(3)16-9)15-7-12-13(14)10(6-2)17-19(12)4/h8,15H,5-7H2,1-4H3. The molecule has 0 fully saturated rings. The fourth-order valence-corrected chi connectivity index (χ4v) is 2.89. The smallest absolute Gasteiger partial charge is 0.0853 e. The number of hydrogen-bond donors (Lipinski definition) is 1. The number of aromatic nitrogens is 4. The van der Waals surface area contributed by atoms with Crippen LogP contribution in [-0.4, -0.2) is 19.6 Å². The van der Waals surface area contributed by atoms with Crippen LogP contribution in [0, 0.1) is 0 Å². The number of hydrogen-bond acceptors (Lipinski definition) is 3. The molecule has 0 aliphatic rings. The molecule has 19 heavy (non-hydrogen) atoms. The van der Waals surface area contributed by atoms with Gasteiger partial charge in [0.15, 0.2) is 0 Å². The van der Waals surface area contributed by atoms with Crippen molar-refractivity contribution in [2.24, 2.45) is 14.1 Å². The van der Waals surface area contributed by atoms with Crippen molar-refractivity contribution in [3.8, 4) is 0 Å². The SMILES string of the molecule is CCc1nn(C)cc1NCc1c(Br)c(CC)nn1C. The van der Waals surface area contributed by atoms with E-state index in [0.29, 0.717) is 0 Å². The Balaban J connectivity index is 2.16. The lowest BCUT2D eigenvalue weighted by Gasteiger charge is -2.06. The first-order chi connectivity index (χ1) is 9.06. The summed E-state index contributed by atoms with van der Waals surface area (Å²) < 4.78 is 4.88. The lowest BCUT2D eigenvalue weighted by molar-refractivity contribution is 0.706. The third-order valence-electron chi connectivity index (χ3n) is 3.19. The van der Waals surface area contributed by atoms with Gasteiger partial charge in [-0.2, -0.15) is 10.2 Å². The maximum Gasteiger partial charge on any atom is 0.0853 e. The average molecular weight is 326 g/mol. The van der Waals surface area contributed by atoms with Gasteiger partial charge in [0.2, 0.25) is 0 Å². The molecule has 0 atom stereocenters. The number of halogens is 1. The van der Waals surface area contributed by atoms with Crippen molar-refractivity contribution >= 4 is 21.6 Å². The highest BCUT2D eigenvalue weighted by Gasteiger charge is 2.13. The van der Waals surface area contributed by atoms with Crippen molar-refractivity contribution in [3.05, 3.63) is 27.8 Å². The molecule has 1 N–H and O–H groups in total. The molecule has 2 aromatic rings. The van der Waals surface area contributed by atoms with Crippen LogP contribution in [0.1, 0.15) is 30.9 Å². The number of rotatable bonds is 5. The first kappa shape index (κ1) is 14.1. The van der Waals surface area contributed by atoms with Crippen LogP contribution in [-0.2, 0) is 33.5 Å². The fraction of sp³-hybridized carbons (Fsp3) is 0.538. The summed E-state index contributed by atoms with van der Waals surface area (Å²) in [6.07, 6.45) is 3.88. The van der Waals surface area contributed by atoms with Crippen LogP contribution in [0.3, 0.4) is 0 Å². The van der Waals surface area contributed by atoms with Crippen molar-refractivity contribution < 1.29 is 0 Å². The summed E-state index contributed by atoms with van der Waals surface area (Å²) in [4.78, 5) is 0. The maximum absolute atomic E-state index is 4.50. The van der Waals surface area contributed by atoms with E-state index in [-0.39, 0.29) is 0 Å². The quantitative estimate of drug-likeness (QED) is 0.919. The first-order valence-corrected chi connectivity index (χ1v) is 7.32. The second-order valence-corrected chi connectivity index (χ2v) is 5.35. The molecule has 0 radical (unpaired) electrons. The van der Waals surface area contributed by atoms with Gasteiger partial charge in [-0.3, -0.25) is 9.36 Å². The van der Waals surface area contributed by atoms with E-state index in [1.165, 1.54) is 0 Å². The lowest BCUT2D eigenvalue weighted by atomic mass is 10.2. The molecule has 0 saturated carbocycles. The molecule has 0 aromatic carbocycles. The summed E-state index contributed by atoms with van der Waals surface area (Å²) in [5.41, 5.74) is 4.44. The lowest BCUT2D eigenvalue weighted by Crippen LogP contribution is -2.06. The third kappa shape index (κ3) is 2.83. The van der Waals surface area contributed by atoms with Gasteiger partial charge in [0.05, 0.1) is 33.8 Å². The normalized spacial score (nSPS) is 11.0. The van der Waals surface area contributed by atoms with Crippen LogP contribution >= 0.6 is 15.9 Å². The molecule has 2 aromatic heterocycles. The number of nitrogens with one attached hydrogen (secondary N) is 1. The van der Waals surface area contributed by atoms with Crippen molar-refractivity contribution in [2.45, 2.75) is 33.2 Å². The van der Waals surface area contributed by atoms with Gasteiger partial charge in [0, 0.05) is 20.3 Å². The first-order valence-electron chi connectivity index (χ1n) is 6.53. The van der Waals surface area contributed by atoms with E-state index in [1.54, 1.807) is 0 Å². The Morgan fingerprint density at radius 2 is 1.84 bits per heavy atom. The molecule has 5 nitrogen and oxygen atoms in total. The third-order valence-corrected chi connectivity index (χ3v) is 4.10. The molecular weight excluding hydrogens is 306 g/mol. The summed E-state index contributed by atoms with van der Waals surface area (Å²) in [6.45, 7) is 4.96. The van der Waals surface area contributed by atoms with Crippen molar-refractivity contribution in [1.82, 2.24) is 19.6 Å². The minimum absolute atomic E-state index is 0.739. The molecule has 0 bridgehead atoms. The highest BCUT2D eigenvalue weighted by molar-refractivity contribution is 9.10. The zero-order chi connectivity index (χ0) is 14.0. The van der Waals surface area contributed by atoms with Crippen LogP contribution in [0.5, 0.6) is 0 Å². The van der Waals surface area contributed by atoms with E-state index in [9.17, 15) is 0 Å². The Bertz CT molecular complexity index is 570. The Kier molecular flexibility index (Phi) is 4.29. The second kappa shape index (κ2) is 5.77. The van der Waals surface area contributed by atoms with Gasteiger partial charge < -0.3 is 5.32 Å². The molecule has 0 aliphatic heterocycles. The number of aryl methyl sites for hydroxylation is 4. The molecular formula is C13H20BrN5. The predicted octanol–water partition coefficient (Wildman–Crippen LogP) is 2.65. The van der Waals surface area contributed by atoms with Crippen molar-refractivity contribution in [1.29, 1.82) is 0 Å². The Hall–Kier alpha value is -1.30. The molecule has 2 rings (SSSR count). The zero-order valence-corrected chi connectivity index (χ0v) is 13.5. The minimum Gasteiger partial charge on any atom is -0.377 e. The topological polar surface area (TPSA) is 47.7 Å². The Morgan fingerprint density at radius 3 is 2.42 bits per heavy atom. The van der Waals surface area contributed by atoms with Crippen LogP contribution < -0.4 is 5.32 Å². The van der Waals surface area contributed by atoms with Crippen molar-refractivity contribution in [2.75, 3.05) is 5.32 Å². The number of anilines is 1. The van der Waals surface area contributed by atoms with Gasteiger partial charge in [-0.1, -0.05) is 13.8 Å². The predicted molar refractivity (Wildman–Crippen MR) is 80.2 cm³/mol. The van der Waals surface area contributed by atoms with Gasteiger partial charge in [-0.25, -0.2) is 0 Å². The zero-order valence-electron chi connectivity index (χ0n) is 11.9. The minimum atomic E-state index is 0.739. The van der Waals surface area contributed by atoms with Gasteiger partial charge >= 0.3 is 0 Å². The molecule has 2 heterocycles. The molecule has 0 unspecified atom stereocenters. The average Bonchev–Trinajstić information content (AvgIpc) is 2.88. The van der Waals surface area contributed by atoms with E-state index in [0.717, 1.165) is 46.6 Å². The molecule has 0 aliphatic carbocycles. The second-order valence-electron chi connectivity index (χ2n) is 4.55. The Labute approximate surface area is 122 Å². The summed E-state index contributed by atoms with van der Waals surface area (Å²) >= 11 is 3.63.